The topological polar surface area (TPSA) is 105 Å². The summed E-state index contributed by atoms with van der Waals surface area (Å²) in [6.45, 7) is 8.89. The van der Waals surface area contributed by atoms with Crippen LogP contribution in [0.3, 0.4) is 0 Å². The molecule has 286 valence electrons. The van der Waals surface area contributed by atoms with Gasteiger partial charge in [0.2, 0.25) is 5.91 Å². The lowest BCUT2D eigenvalue weighted by Crippen LogP contribution is -2.47. The van der Waals surface area contributed by atoms with Crippen molar-refractivity contribution in [2.75, 3.05) is 45.8 Å². The molecule has 6 rings (SSSR count). The summed E-state index contributed by atoms with van der Waals surface area (Å²) in [4.78, 5) is 33.6. The zero-order chi connectivity index (χ0) is 38.6. The van der Waals surface area contributed by atoms with Crippen molar-refractivity contribution in [3.63, 3.8) is 0 Å². The van der Waals surface area contributed by atoms with Gasteiger partial charge in [-0.3, -0.25) is 14.7 Å². The van der Waals surface area contributed by atoms with Crippen LogP contribution in [0.4, 0.5) is 20.6 Å². The standard InChI is InChI=1S/C41H46Cl2FN5O5/c1-41(2,3)54-40(51)49(23-29-14-15-35(50)46-29)22-27-13-12-26(18-34(27)53-5)39-37(43)31(16-17-45-39)30-9-7-10-32(36(30)42)47-33-11-6-8-28(38(33)44)21-48-19-25(20-48)24-52-4/h6-13,16-18,25,29,47H,14-15,19-24H2,1-5H3,(H,46,50)/t29-/m0/s1. The van der Waals surface area contributed by atoms with Crippen molar-refractivity contribution in [1.29, 1.82) is 0 Å². The third kappa shape index (κ3) is 9.26. The summed E-state index contributed by atoms with van der Waals surface area (Å²) in [5.74, 6) is 0.645. The number of anilines is 2. The van der Waals surface area contributed by atoms with Crippen LogP contribution in [-0.4, -0.2) is 78.9 Å². The van der Waals surface area contributed by atoms with E-state index in [-0.39, 0.29) is 24.3 Å². The monoisotopic (exact) mass is 777 g/mol. The van der Waals surface area contributed by atoms with Crippen LogP contribution >= 0.6 is 23.2 Å². The lowest BCUT2D eigenvalue weighted by Gasteiger charge is -2.39. The van der Waals surface area contributed by atoms with Crippen molar-refractivity contribution in [3.8, 4) is 28.1 Å². The van der Waals surface area contributed by atoms with Gasteiger partial charge in [-0.1, -0.05) is 59.6 Å². The highest BCUT2D eigenvalue weighted by molar-refractivity contribution is 6.39. The molecule has 13 heteroatoms. The molecule has 4 aromatic rings. The quantitative estimate of drug-likeness (QED) is 0.139. The van der Waals surface area contributed by atoms with Gasteiger partial charge in [-0.05, 0) is 51.5 Å². The predicted molar refractivity (Wildman–Crippen MR) is 210 cm³/mol. The van der Waals surface area contributed by atoms with Crippen LogP contribution in [0, 0.1) is 11.7 Å². The number of nitrogens with zero attached hydrogens (tertiary/aromatic N) is 3. The van der Waals surface area contributed by atoms with E-state index in [4.69, 9.17) is 37.4 Å². The van der Waals surface area contributed by atoms with Gasteiger partial charge in [0.1, 0.15) is 11.4 Å². The van der Waals surface area contributed by atoms with E-state index in [9.17, 15) is 9.59 Å². The molecule has 2 saturated heterocycles. The second-order valence-electron chi connectivity index (χ2n) is 14.8. The molecular weight excluding hydrogens is 732 g/mol. The molecule has 2 N–H and O–H groups in total. The van der Waals surface area contributed by atoms with E-state index >= 15 is 4.39 Å². The Morgan fingerprint density at radius 2 is 1.76 bits per heavy atom. The average Bonchev–Trinajstić information content (AvgIpc) is 3.53. The summed E-state index contributed by atoms with van der Waals surface area (Å²) in [6.07, 6.45) is 2.23. The maximum atomic E-state index is 15.7. The van der Waals surface area contributed by atoms with Crippen molar-refractivity contribution in [2.24, 2.45) is 5.92 Å². The predicted octanol–water partition coefficient (Wildman–Crippen LogP) is 8.71. The van der Waals surface area contributed by atoms with Gasteiger partial charge in [-0.25, -0.2) is 9.18 Å². The number of methoxy groups -OCH3 is 2. The number of hydrogen-bond acceptors (Lipinski definition) is 8. The van der Waals surface area contributed by atoms with Gasteiger partial charge >= 0.3 is 6.09 Å². The average molecular weight is 779 g/mol. The molecule has 54 heavy (non-hydrogen) atoms. The van der Waals surface area contributed by atoms with Crippen LogP contribution < -0.4 is 15.4 Å². The van der Waals surface area contributed by atoms with Gasteiger partial charge in [-0.15, -0.1) is 0 Å². The lowest BCUT2D eigenvalue weighted by molar-refractivity contribution is -0.119. The molecule has 0 bridgehead atoms. The summed E-state index contributed by atoms with van der Waals surface area (Å²) in [7, 11) is 3.26. The summed E-state index contributed by atoms with van der Waals surface area (Å²) in [5, 5.41) is 6.88. The molecule has 0 unspecified atom stereocenters. The minimum atomic E-state index is -0.696. The first kappa shape index (κ1) is 39.3. The van der Waals surface area contributed by atoms with E-state index in [2.05, 4.69) is 20.5 Å². The Morgan fingerprint density at radius 1 is 1.02 bits per heavy atom. The van der Waals surface area contributed by atoms with Crippen LogP contribution in [0.1, 0.15) is 44.7 Å². The zero-order valence-electron chi connectivity index (χ0n) is 31.2. The van der Waals surface area contributed by atoms with E-state index < -0.39 is 11.7 Å². The number of likely N-dealkylation sites (tertiary alicyclic amines) is 1. The van der Waals surface area contributed by atoms with Gasteiger partial charge in [0.15, 0.2) is 5.82 Å². The van der Waals surface area contributed by atoms with Gasteiger partial charge < -0.3 is 29.7 Å². The van der Waals surface area contributed by atoms with Crippen LogP contribution in [0.5, 0.6) is 5.75 Å². The highest BCUT2D eigenvalue weighted by Gasteiger charge is 2.30. The maximum Gasteiger partial charge on any atom is 0.410 e. The fraction of sp³-hybridized carbons (Fsp3) is 0.390. The lowest BCUT2D eigenvalue weighted by atomic mass is 10.00. The first-order valence-corrected chi connectivity index (χ1v) is 18.7. The number of nitrogens with one attached hydrogen (secondary N) is 2. The molecule has 0 spiro atoms. The van der Waals surface area contributed by atoms with Crippen LogP contribution in [0.15, 0.2) is 66.9 Å². The number of hydrogen-bond donors (Lipinski definition) is 2. The highest BCUT2D eigenvalue weighted by Crippen LogP contribution is 2.42. The fourth-order valence-electron chi connectivity index (χ4n) is 6.86. The summed E-state index contributed by atoms with van der Waals surface area (Å²) >= 11 is 14.1. The summed E-state index contributed by atoms with van der Waals surface area (Å²) in [6, 6.07) is 18.0. The highest BCUT2D eigenvalue weighted by atomic mass is 35.5. The van der Waals surface area contributed by atoms with Crippen molar-refractivity contribution >= 4 is 46.6 Å². The SMILES string of the molecule is COCC1CN(Cc2cccc(Nc3cccc(-c4ccnc(-c5ccc(CN(C[C@@H]6CCC(=O)N6)C(=O)OC(C)(C)C)c(OC)c5)c4Cl)c3Cl)c2F)C1. The molecule has 3 aromatic carbocycles. The van der Waals surface area contributed by atoms with Gasteiger partial charge in [0.25, 0.3) is 0 Å². The number of carbonyl (C=O) groups excluding carboxylic acids is 2. The molecule has 0 saturated carbocycles. The van der Waals surface area contributed by atoms with E-state index in [1.807, 2.05) is 57.2 Å². The van der Waals surface area contributed by atoms with Gasteiger partial charge in [0.05, 0.1) is 47.4 Å². The van der Waals surface area contributed by atoms with Gasteiger partial charge in [0, 0.05) is 85.7 Å². The van der Waals surface area contributed by atoms with E-state index in [1.165, 1.54) is 0 Å². The number of pyridine rings is 1. The van der Waals surface area contributed by atoms with E-state index in [0.717, 1.165) is 18.7 Å². The smallest absolute Gasteiger partial charge is 0.410 e. The Balaban J connectivity index is 1.23. The number of ether oxygens (including phenoxy) is 3. The number of benzene rings is 3. The zero-order valence-corrected chi connectivity index (χ0v) is 32.7. The van der Waals surface area contributed by atoms with Crippen LogP contribution in [-0.2, 0) is 27.4 Å². The number of carbonyl (C=O) groups is 2. The van der Waals surface area contributed by atoms with Crippen LogP contribution in [0.25, 0.3) is 22.4 Å². The largest absolute Gasteiger partial charge is 0.496 e. The summed E-state index contributed by atoms with van der Waals surface area (Å²) < 4.78 is 32.5. The van der Waals surface area contributed by atoms with Crippen molar-refractivity contribution in [2.45, 2.75) is 58.3 Å². The third-order valence-corrected chi connectivity index (χ3v) is 10.2. The molecule has 3 heterocycles. The molecule has 2 aliphatic rings. The van der Waals surface area contributed by atoms with Crippen molar-refractivity contribution < 1.29 is 28.2 Å². The van der Waals surface area contributed by atoms with Gasteiger partial charge in [-0.2, -0.15) is 0 Å². The Morgan fingerprint density at radius 3 is 2.46 bits per heavy atom. The molecule has 2 fully saturated rings. The Kier molecular flexibility index (Phi) is 12.3. The first-order valence-electron chi connectivity index (χ1n) is 18.0. The summed E-state index contributed by atoms with van der Waals surface area (Å²) in [5.41, 5.74) is 3.98. The molecule has 1 atom stereocenters. The number of amides is 2. The Labute approximate surface area is 325 Å². The number of halogens is 3. The molecule has 0 aliphatic carbocycles. The van der Waals surface area contributed by atoms with Crippen molar-refractivity contribution in [1.82, 2.24) is 20.1 Å². The minimum absolute atomic E-state index is 0.0317. The van der Waals surface area contributed by atoms with Crippen LogP contribution in [0.2, 0.25) is 10.0 Å². The fourth-order valence-corrected chi connectivity index (χ4v) is 7.46. The molecular formula is C41H46Cl2FN5O5. The molecule has 2 amide bonds. The Hall–Kier alpha value is -4.42. The van der Waals surface area contributed by atoms with E-state index in [1.54, 1.807) is 49.6 Å². The molecule has 1 aromatic heterocycles. The second kappa shape index (κ2) is 16.9. The van der Waals surface area contributed by atoms with Crippen molar-refractivity contribution in [3.05, 3.63) is 93.8 Å². The Bertz CT molecular complexity index is 2000. The molecule has 10 nitrogen and oxygen atoms in total. The molecule has 0 radical (unpaired) electrons. The third-order valence-electron chi connectivity index (χ3n) is 9.45. The number of rotatable bonds is 13. The minimum Gasteiger partial charge on any atom is -0.496 e. The van der Waals surface area contributed by atoms with E-state index in [0.29, 0.717) is 93.6 Å². The number of aromatic nitrogens is 1. The maximum absolute atomic E-state index is 15.7. The second-order valence-corrected chi connectivity index (χ2v) is 15.6. The first-order chi connectivity index (χ1) is 25.8. The normalized spacial score (nSPS) is 16.1. The molecule has 2 aliphatic heterocycles.